The maximum absolute atomic E-state index is 12.5. The molecular formula is C25H29N3O4. The number of nitrogens with one attached hydrogen (secondary N) is 2. The van der Waals surface area contributed by atoms with Crippen LogP contribution < -0.4 is 15.4 Å². The van der Waals surface area contributed by atoms with E-state index in [0.29, 0.717) is 11.5 Å². The van der Waals surface area contributed by atoms with E-state index in [2.05, 4.69) is 15.6 Å². The fourth-order valence-corrected chi connectivity index (χ4v) is 3.21. The van der Waals surface area contributed by atoms with Gasteiger partial charge in [0.25, 0.3) is 5.91 Å². The Morgan fingerprint density at radius 2 is 1.62 bits per heavy atom. The first-order valence-electron chi connectivity index (χ1n) is 10.6. The maximum atomic E-state index is 12.5. The molecule has 0 unspecified atom stereocenters. The molecule has 1 aromatic carbocycles. The maximum Gasteiger partial charge on any atom is 0.287 e. The van der Waals surface area contributed by atoms with Gasteiger partial charge in [0, 0.05) is 18.8 Å². The van der Waals surface area contributed by atoms with Crippen molar-refractivity contribution < 1.29 is 18.7 Å². The van der Waals surface area contributed by atoms with E-state index >= 15 is 0 Å². The molecule has 0 radical (unpaired) electrons. The van der Waals surface area contributed by atoms with E-state index in [1.165, 1.54) is 7.05 Å². The highest BCUT2D eigenvalue weighted by Crippen LogP contribution is 2.26. The van der Waals surface area contributed by atoms with Crippen molar-refractivity contribution in [1.29, 1.82) is 0 Å². The lowest BCUT2D eigenvalue weighted by molar-refractivity contribution is -0.123. The first-order chi connectivity index (χ1) is 15.3. The average Bonchev–Trinajstić information content (AvgIpc) is 3.27. The van der Waals surface area contributed by atoms with Gasteiger partial charge in [-0.15, -0.1) is 0 Å². The quantitative estimate of drug-likeness (QED) is 0.550. The SMILES string of the molecule is CNC(=O)[C@@H](NC(=O)c1ccc(-c2ccc(-c3ccc(OC(C)C)cc3)cn2)o1)C(C)C. The summed E-state index contributed by atoms with van der Waals surface area (Å²) in [7, 11) is 1.54. The van der Waals surface area contributed by atoms with E-state index in [-0.39, 0.29) is 23.7 Å². The molecule has 32 heavy (non-hydrogen) atoms. The summed E-state index contributed by atoms with van der Waals surface area (Å²) >= 11 is 0. The van der Waals surface area contributed by atoms with Gasteiger partial charge < -0.3 is 19.8 Å². The van der Waals surface area contributed by atoms with Gasteiger partial charge in [-0.25, -0.2) is 0 Å². The van der Waals surface area contributed by atoms with Gasteiger partial charge in [-0.1, -0.05) is 32.0 Å². The fourth-order valence-electron chi connectivity index (χ4n) is 3.21. The molecule has 7 heteroatoms. The molecule has 0 aliphatic heterocycles. The molecule has 0 aliphatic rings. The third-order valence-electron chi connectivity index (χ3n) is 4.89. The lowest BCUT2D eigenvalue weighted by atomic mass is 10.0. The molecular weight excluding hydrogens is 406 g/mol. The van der Waals surface area contributed by atoms with Crippen molar-refractivity contribution in [2.75, 3.05) is 7.05 Å². The Hall–Kier alpha value is -3.61. The third-order valence-corrected chi connectivity index (χ3v) is 4.89. The number of aromatic nitrogens is 1. The largest absolute Gasteiger partial charge is 0.491 e. The van der Waals surface area contributed by atoms with Crippen molar-refractivity contribution in [2.45, 2.75) is 39.8 Å². The number of furan rings is 1. The zero-order valence-corrected chi connectivity index (χ0v) is 19.0. The van der Waals surface area contributed by atoms with Crippen LogP contribution in [0, 0.1) is 5.92 Å². The number of hydrogen-bond acceptors (Lipinski definition) is 5. The number of amides is 2. The van der Waals surface area contributed by atoms with E-state index in [0.717, 1.165) is 16.9 Å². The molecule has 0 aliphatic carbocycles. The highest BCUT2D eigenvalue weighted by molar-refractivity contribution is 5.96. The summed E-state index contributed by atoms with van der Waals surface area (Å²) in [6.07, 6.45) is 1.89. The Bertz CT molecular complexity index is 1050. The first-order valence-corrected chi connectivity index (χ1v) is 10.6. The average molecular weight is 436 g/mol. The van der Waals surface area contributed by atoms with Crippen LogP contribution >= 0.6 is 0 Å². The molecule has 0 bridgehead atoms. The molecule has 2 amide bonds. The van der Waals surface area contributed by atoms with Crippen molar-refractivity contribution in [3.8, 4) is 28.3 Å². The van der Waals surface area contributed by atoms with Gasteiger partial charge in [0.1, 0.15) is 17.5 Å². The lowest BCUT2D eigenvalue weighted by Gasteiger charge is -2.19. The van der Waals surface area contributed by atoms with E-state index in [1.54, 1.807) is 18.3 Å². The second-order valence-corrected chi connectivity index (χ2v) is 8.10. The number of benzene rings is 1. The van der Waals surface area contributed by atoms with Crippen LogP contribution in [0.15, 0.2) is 59.1 Å². The Morgan fingerprint density at radius 3 is 2.19 bits per heavy atom. The summed E-state index contributed by atoms with van der Waals surface area (Å²) in [5.74, 6) is 0.670. The molecule has 0 spiro atoms. The summed E-state index contributed by atoms with van der Waals surface area (Å²) in [6, 6.07) is 14.3. The number of ether oxygens (including phenoxy) is 1. The molecule has 0 saturated carbocycles. The molecule has 0 saturated heterocycles. The van der Waals surface area contributed by atoms with Gasteiger partial charge in [0.15, 0.2) is 11.5 Å². The molecule has 7 nitrogen and oxygen atoms in total. The molecule has 1 atom stereocenters. The molecule has 2 heterocycles. The van der Waals surface area contributed by atoms with Gasteiger partial charge in [0.2, 0.25) is 5.91 Å². The van der Waals surface area contributed by atoms with E-state index < -0.39 is 11.9 Å². The zero-order chi connectivity index (χ0) is 23.3. The van der Waals surface area contributed by atoms with Crippen LogP contribution in [-0.2, 0) is 4.79 Å². The van der Waals surface area contributed by atoms with Crippen LogP contribution in [-0.4, -0.2) is 36.0 Å². The number of rotatable bonds is 8. The zero-order valence-electron chi connectivity index (χ0n) is 19.0. The Balaban J connectivity index is 1.71. The van der Waals surface area contributed by atoms with Crippen LogP contribution in [0.25, 0.3) is 22.6 Å². The number of pyridine rings is 1. The molecule has 2 aromatic heterocycles. The van der Waals surface area contributed by atoms with E-state index in [1.807, 2.05) is 64.1 Å². The molecule has 3 aromatic rings. The monoisotopic (exact) mass is 435 g/mol. The smallest absolute Gasteiger partial charge is 0.287 e. The predicted molar refractivity (Wildman–Crippen MR) is 123 cm³/mol. The van der Waals surface area contributed by atoms with Crippen molar-refractivity contribution in [3.05, 3.63) is 60.5 Å². The normalized spacial score (nSPS) is 12.0. The predicted octanol–water partition coefficient (Wildman–Crippen LogP) is 4.30. The number of carbonyl (C=O) groups excluding carboxylic acids is 2. The van der Waals surface area contributed by atoms with Crippen molar-refractivity contribution >= 4 is 11.8 Å². The number of carbonyl (C=O) groups is 2. The molecule has 0 fully saturated rings. The van der Waals surface area contributed by atoms with Gasteiger partial charge in [-0.3, -0.25) is 14.6 Å². The minimum absolute atomic E-state index is 0.0615. The second-order valence-electron chi connectivity index (χ2n) is 8.10. The van der Waals surface area contributed by atoms with Crippen molar-refractivity contribution in [2.24, 2.45) is 5.92 Å². The summed E-state index contributed by atoms with van der Waals surface area (Å²) in [5, 5.41) is 5.28. The standard InChI is InChI=1S/C25H29N3O4/c1-15(2)23(25(30)26-5)28-24(29)22-13-12-21(32-22)20-11-8-18(14-27-20)17-6-9-19(10-7-17)31-16(3)4/h6-16,23H,1-5H3,(H,26,30)(H,28,29)/t23-/m0/s1. The van der Waals surface area contributed by atoms with Crippen LogP contribution in [0.2, 0.25) is 0 Å². The summed E-state index contributed by atoms with van der Waals surface area (Å²) < 4.78 is 11.4. The van der Waals surface area contributed by atoms with Gasteiger partial charge >= 0.3 is 0 Å². The Kier molecular flexibility index (Phi) is 7.30. The minimum atomic E-state index is -0.643. The van der Waals surface area contributed by atoms with Gasteiger partial charge in [0.05, 0.1) is 6.10 Å². The lowest BCUT2D eigenvalue weighted by Crippen LogP contribution is -2.48. The van der Waals surface area contributed by atoms with Crippen LogP contribution in [0.3, 0.4) is 0 Å². The topological polar surface area (TPSA) is 93.5 Å². The Morgan fingerprint density at radius 1 is 0.938 bits per heavy atom. The fraction of sp³-hybridized carbons (Fsp3) is 0.320. The molecule has 168 valence electrons. The van der Waals surface area contributed by atoms with Crippen LogP contribution in [0.1, 0.15) is 38.2 Å². The molecule has 3 rings (SSSR count). The summed E-state index contributed by atoms with van der Waals surface area (Å²) in [6.45, 7) is 7.71. The second kappa shape index (κ2) is 10.1. The van der Waals surface area contributed by atoms with Crippen LogP contribution in [0.5, 0.6) is 5.75 Å². The highest BCUT2D eigenvalue weighted by Gasteiger charge is 2.25. The minimum Gasteiger partial charge on any atom is -0.491 e. The first kappa shape index (κ1) is 23.1. The molecule has 2 N–H and O–H groups in total. The van der Waals surface area contributed by atoms with Crippen LogP contribution in [0.4, 0.5) is 0 Å². The summed E-state index contributed by atoms with van der Waals surface area (Å²) in [5.41, 5.74) is 2.59. The number of hydrogen-bond donors (Lipinski definition) is 2. The van der Waals surface area contributed by atoms with E-state index in [4.69, 9.17) is 9.15 Å². The van der Waals surface area contributed by atoms with Gasteiger partial charge in [-0.2, -0.15) is 0 Å². The number of nitrogens with zero attached hydrogens (tertiary/aromatic N) is 1. The number of likely N-dealkylation sites (N-methyl/N-ethyl adjacent to an activating group) is 1. The Labute approximate surface area is 188 Å². The summed E-state index contributed by atoms with van der Waals surface area (Å²) in [4.78, 5) is 29.0. The van der Waals surface area contributed by atoms with Gasteiger partial charge in [-0.05, 0) is 55.7 Å². The van der Waals surface area contributed by atoms with E-state index in [9.17, 15) is 9.59 Å². The third kappa shape index (κ3) is 5.55. The highest BCUT2D eigenvalue weighted by atomic mass is 16.5. The van der Waals surface area contributed by atoms with Crippen molar-refractivity contribution in [3.63, 3.8) is 0 Å². The van der Waals surface area contributed by atoms with Crippen molar-refractivity contribution in [1.82, 2.24) is 15.6 Å².